The van der Waals surface area contributed by atoms with E-state index < -0.39 is 0 Å². The van der Waals surface area contributed by atoms with E-state index in [1.165, 1.54) is 64.2 Å². The van der Waals surface area contributed by atoms with Crippen molar-refractivity contribution in [3.8, 4) is 27.9 Å². The van der Waals surface area contributed by atoms with Crippen LogP contribution in [0.5, 0.6) is 0 Å². The van der Waals surface area contributed by atoms with Gasteiger partial charge < -0.3 is 9.47 Å². The second-order valence-electron chi connectivity index (χ2n) is 13.0. The first-order valence-corrected chi connectivity index (χ1v) is 18.2. The second kappa shape index (κ2) is 12.2. The maximum absolute atomic E-state index is 2.43. The predicted molar refractivity (Wildman–Crippen MR) is 219 cm³/mol. The molecule has 51 heavy (non-hydrogen) atoms. The third kappa shape index (κ3) is 5.01. The van der Waals surface area contributed by atoms with Crippen molar-refractivity contribution in [1.82, 2.24) is 4.57 Å². The molecule has 0 aliphatic carbocycles. The molecular weight excluding hydrogens is 637 g/mol. The zero-order chi connectivity index (χ0) is 33.7. The molecule has 240 valence electrons. The minimum absolute atomic E-state index is 1.11. The second-order valence-corrected chi connectivity index (χ2v) is 14.0. The molecule has 3 heteroatoms. The van der Waals surface area contributed by atoms with Crippen molar-refractivity contribution in [3.63, 3.8) is 0 Å². The fraction of sp³-hybridized carbons (Fsp3) is 0. The zero-order valence-corrected chi connectivity index (χ0v) is 28.6. The number of anilines is 3. The largest absolute Gasteiger partial charge is 0.310 e. The fourth-order valence-corrected chi connectivity index (χ4v) is 8.73. The smallest absolute Gasteiger partial charge is 0.0562 e. The van der Waals surface area contributed by atoms with Crippen molar-refractivity contribution in [1.29, 1.82) is 0 Å². The van der Waals surface area contributed by atoms with Crippen molar-refractivity contribution in [3.05, 3.63) is 194 Å². The number of aromatic nitrogens is 1. The first kappa shape index (κ1) is 29.5. The Morgan fingerprint density at radius 2 is 1.00 bits per heavy atom. The zero-order valence-electron chi connectivity index (χ0n) is 27.8. The molecule has 8 aromatic carbocycles. The molecule has 10 rings (SSSR count). The normalized spacial score (nSPS) is 11.5. The number of thiophene rings is 1. The first-order valence-electron chi connectivity index (χ1n) is 17.4. The van der Waals surface area contributed by atoms with Gasteiger partial charge >= 0.3 is 0 Å². The Balaban J connectivity index is 1.19. The Morgan fingerprint density at radius 1 is 0.373 bits per heavy atom. The molecule has 2 nitrogen and oxygen atoms in total. The van der Waals surface area contributed by atoms with Crippen molar-refractivity contribution < 1.29 is 0 Å². The van der Waals surface area contributed by atoms with Crippen LogP contribution in [0.1, 0.15) is 0 Å². The van der Waals surface area contributed by atoms with Crippen LogP contribution in [0.3, 0.4) is 0 Å². The Bertz CT molecular complexity index is 2830. The molecule has 0 N–H and O–H groups in total. The Kier molecular flexibility index (Phi) is 7.04. The van der Waals surface area contributed by atoms with Crippen LogP contribution >= 0.6 is 11.3 Å². The number of benzene rings is 8. The molecule has 0 aliphatic heterocycles. The van der Waals surface area contributed by atoms with E-state index in [4.69, 9.17) is 0 Å². The van der Waals surface area contributed by atoms with Gasteiger partial charge in [-0.05, 0) is 89.0 Å². The summed E-state index contributed by atoms with van der Waals surface area (Å²) in [5.74, 6) is 0. The lowest BCUT2D eigenvalue weighted by Gasteiger charge is -2.26. The van der Waals surface area contributed by atoms with Crippen molar-refractivity contribution in [2.24, 2.45) is 0 Å². The van der Waals surface area contributed by atoms with Crippen LogP contribution in [0.2, 0.25) is 0 Å². The number of para-hydroxylation sites is 2. The van der Waals surface area contributed by atoms with E-state index in [9.17, 15) is 0 Å². The van der Waals surface area contributed by atoms with Gasteiger partial charge in [0.05, 0.1) is 11.0 Å². The van der Waals surface area contributed by atoms with Crippen molar-refractivity contribution >= 4 is 70.4 Å². The maximum Gasteiger partial charge on any atom is 0.0562 e. The Morgan fingerprint density at radius 3 is 1.80 bits per heavy atom. The van der Waals surface area contributed by atoms with E-state index in [2.05, 4.69) is 204 Å². The van der Waals surface area contributed by atoms with Crippen LogP contribution in [0.4, 0.5) is 17.1 Å². The highest BCUT2D eigenvalue weighted by Gasteiger charge is 2.20. The third-order valence-electron chi connectivity index (χ3n) is 9.98. The highest BCUT2D eigenvalue weighted by atomic mass is 32.1. The topological polar surface area (TPSA) is 8.17 Å². The lowest BCUT2D eigenvalue weighted by molar-refractivity contribution is 1.18. The van der Waals surface area contributed by atoms with Gasteiger partial charge in [0.1, 0.15) is 0 Å². The Labute approximate surface area is 300 Å². The van der Waals surface area contributed by atoms with Gasteiger partial charge in [-0.15, -0.1) is 11.3 Å². The molecule has 0 saturated carbocycles. The molecule has 0 spiro atoms. The maximum atomic E-state index is 2.43. The van der Waals surface area contributed by atoms with E-state index in [1.807, 2.05) is 11.3 Å². The third-order valence-corrected chi connectivity index (χ3v) is 11.1. The molecule has 2 aromatic heterocycles. The summed E-state index contributed by atoms with van der Waals surface area (Å²) in [7, 11) is 0. The summed E-state index contributed by atoms with van der Waals surface area (Å²) in [5.41, 5.74) is 11.8. The van der Waals surface area contributed by atoms with Gasteiger partial charge in [-0.3, -0.25) is 0 Å². The van der Waals surface area contributed by atoms with E-state index in [0.29, 0.717) is 0 Å². The standard InChI is InChI=1S/C48H32N2S/c1-4-13-33(14-5-1)34-23-25-35(26-24-34)40-20-12-21-44-48(40)42-29-27-39(32-45(42)50(44)37-17-8-3-9-18-37)49(36-15-6-2-7-16-36)38-28-30-47-43(31-38)41-19-10-11-22-46(41)51-47/h1-32H. The van der Waals surface area contributed by atoms with Crippen LogP contribution in [0.15, 0.2) is 194 Å². The summed E-state index contributed by atoms with van der Waals surface area (Å²) in [6.45, 7) is 0. The van der Waals surface area contributed by atoms with E-state index in [1.54, 1.807) is 0 Å². The van der Waals surface area contributed by atoms with Crippen LogP contribution in [0, 0.1) is 0 Å². The molecule has 0 fully saturated rings. The average molecular weight is 669 g/mol. The summed E-state index contributed by atoms with van der Waals surface area (Å²) in [6.07, 6.45) is 0. The Hall–Kier alpha value is -6.42. The highest BCUT2D eigenvalue weighted by molar-refractivity contribution is 7.25. The van der Waals surface area contributed by atoms with Gasteiger partial charge in [-0.1, -0.05) is 127 Å². The summed E-state index contributed by atoms with van der Waals surface area (Å²) in [6, 6.07) is 70.4. The number of rotatable bonds is 6. The SMILES string of the molecule is c1ccc(-c2ccc(-c3cccc4c3c3ccc(N(c5ccccc5)c5ccc6sc7ccccc7c6c5)cc3n4-c3ccccc3)cc2)cc1. The van der Waals surface area contributed by atoms with Crippen LogP contribution in [0.25, 0.3) is 69.9 Å². The first-order chi connectivity index (χ1) is 25.3. The van der Waals surface area contributed by atoms with Crippen molar-refractivity contribution in [2.45, 2.75) is 0 Å². The summed E-state index contributed by atoms with van der Waals surface area (Å²) in [4.78, 5) is 2.39. The minimum Gasteiger partial charge on any atom is -0.310 e. The highest BCUT2D eigenvalue weighted by Crippen LogP contribution is 2.44. The molecule has 0 unspecified atom stereocenters. The van der Waals surface area contributed by atoms with Gasteiger partial charge in [-0.2, -0.15) is 0 Å². The average Bonchev–Trinajstić information content (AvgIpc) is 3.74. The monoisotopic (exact) mass is 668 g/mol. The van der Waals surface area contributed by atoms with E-state index in [0.717, 1.165) is 22.7 Å². The van der Waals surface area contributed by atoms with E-state index in [-0.39, 0.29) is 0 Å². The van der Waals surface area contributed by atoms with Crippen LogP contribution in [-0.2, 0) is 0 Å². The van der Waals surface area contributed by atoms with Gasteiger partial charge in [0.15, 0.2) is 0 Å². The number of fused-ring (bicyclic) bond motifs is 6. The molecule has 0 atom stereocenters. The molecule has 0 radical (unpaired) electrons. The molecular formula is C48H32N2S. The van der Waals surface area contributed by atoms with Gasteiger partial charge in [0.2, 0.25) is 0 Å². The lowest BCUT2D eigenvalue weighted by Crippen LogP contribution is -2.09. The molecule has 0 saturated heterocycles. The van der Waals surface area contributed by atoms with Crippen LogP contribution < -0.4 is 4.90 Å². The molecule has 2 heterocycles. The molecule has 0 amide bonds. The molecule has 0 aliphatic rings. The van der Waals surface area contributed by atoms with Gasteiger partial charge in [0.25, 0.3) is 0 Å². The number of nitrogens with zero attached hydrogens (tertiary/aromatic N) is 2. The number of hydrogen-bond donors (Lipinski definition) is 0. The number of hydrogen-bond acceptors (Lipinski definition) is 2. The van der Waals surface area contributed by atoms with Gasteiger partial charge in [0, 0.05) is 53.7 Å². The fourth-order valence-electron chi connectivity index (χ4n) is 7.64. The predicted octanol–water partition coefficient (Wildman–Crippen LogP) is 14.0. The summed E-state index contributed by atoms with van der Waals surface area (Å²) >= 11 is 1.85. The summed E-state index contributed by atoms with van der Waals surface area (Å²) < 4.78 is 5.04. The quantitative estimate of drug-likeness (QED) is 0.171. The van der Waals surface area contributed by atoms with Gasteiger partial charge in [-0.25, -0.2) is 0 Å². The summed E-state index contributed by atoms with van der Waals surface area (Å²) in [5, 5.41) is 5.08. The van der Waals surface area contributed by atoms with E-state index >= 15 is 0 Å². The van der Waals surface area contributed by atoms with Crippen LogP contribution in [-0.4, -0.2) is 4.57 Å². The molecule has 10 aromatic rings. The lowest BCUT2D eigenvalue weighted by atomic mass is 9.97. The minimum atomic E-state index is 1.11. The molecule has 0 bridgehead atoms. The van der Waals surface area contributed by atoms with Crippen molar-refractivity contribution in [2.75, 3.05) is 4.90 Å².